The minimum absolute atomic E-state index is 0.531. The lowest BCUT2D eigenvalue weighted by atomic mass is 9.72. The highest BCUT2D eigenvalue weighted by atomic mass is 15.1. The zero-order valence-corrected chi connectivity index (χ0v) is 11.2. The Kier molecular flexibility index (Phi) is 3.77. The van der Waals surface area contributed by atoms with Crippen LogP contribution in [0.2, 0.25) is 0 Å². The molecule has 2 heterocycles. The molecule has 1 aromatic heterocycles. The summed E-state index contributed by atoms with van der Waals surface area (Å²) in [5.41, 5.74) is 1.75. The quantitative estimate of drug-likeness (QED) is 0.804. The molecule has 94 valence electrons. The zero-order valence-electron chi connectivity index (χ0n) is 11.2. The minimum atomic E-state index is 0.531. The van der Waals surface area contributed by atoms with E-state index < -0.39 is 0 Å². The molecule has 0 aromatic carbocycles. The number of aromatic nitrogens is 2. The van der Waals surface area contributed by atoms with Crippen LogP contribution in [0.1, 0.15) is 39.2 Å². The van der Waals surface area contributed by atoms with Crippen LogP contribution in [0.25, 0.3) is 0 Å². The van der Waals surface area contributed by atoms with E-state index in [0.29, 0.717) is 5.41 Å². The van der Waals surface area contributed by atoms with Crippen LogP contribution < -0.4 is 0 Å². The van der Waals surface area contributed by atoms with Crippen LogP contribution in [-0.2, 0) is 6.54 Å². The van der Waals surface area contributed by atoms with E-state index in [4.69, 9.17) is 0 Å². The van der Waals surface area contributed by atoms with Gasteiger partial charge >= 0.3 is 0 Å². The molecular formula is C14H23N3. The van der Waals surface area contributed by atoms with Crippen molar-refractivity contribution in [3.8, 4) is 0 Å². The summed E-state index contributed by atoms with van der Waals surface area (Å²) in [4.78, 5) is 10.7. The van der Waals surface area contributed by atoms with Gasteiger partial charge in [0.15, 0.2) is 0 Å². The molecular weight excluding hydrogens is 210 g/mol. The molecule has 3 nitrogen and oxygen atoms in total. The van der Waals surface area contributed by atoms with Gasteiger partial charge in [-0.25, -0.2) is 9.97 Å². The molecule has 0 aliphatic carbocycles. The fourth-order valence-corrected chi connectivity index (χ4v) is 2.47. The molecule has 17 heavy (non-hydrogen) atoms. The summed E-state index contributed by atoms with van der Waals surface area (Å²) in [5, 5.41) is 0. The van der Waals surface area contributed by atoms with Gasteiger partial charge < -0.3 is 0 Å². The molecule has 0 spiro atoms. The monoisotopic (exact) mass is 233 g/mol. The molecule has 0 atom stereocenters. The van der Waals surface area contributed by atoms with Gasteiger partial charge in [-0.05, 0) is 37.3 Å². The molecule has 1 aliphatic heterocycles. The minimum Gasteiger partial charge on any atom is -0.299 e. The molecule has 1 aliphatic rings. The van der Waals surface area contributed by atoms with Gasteiger partial charge in [0.2, 0.25) is 0 Å². The maximum absolute atomic E-state index is 4.07. The average molecular weight is 233 g/mol. The number of piperidine rings is 1. The molecule has 0 radical (unpaired) electrons. The average Bonchev–Trinajstić information content (AvgIpc) is 2.33. The zero-order chi connectivity index (χ0) is 12.3. The fourth-order valence-electron chi connectivity index (χ4n) is 2.47. The van der Waals surface area contributed by atoms with Crippen molar-refractivity contribution < 1.29 is 0 Å². The van der Waals surface area contributed by atoms with Crippen LogP contribution in [-0.4, -0.2) is 28.0 Å². The van der Waals surface area contributed by atoms with Crippen LogP contribution in [0, 0.1) is 11.3 Å². The van der Waals surface area contributed by atoms with Gasteiger partial charge in [-0.1, -0.05) is 20.8 Å². The van der Waals surface area contributed by atoms with Gasteiger partial charge in [-0.15, -0.1) is 0 Å². The third-order valence-corrected chi connectivity index (χ3v) is 4.41. The summed E-state index contributed by atoms with van der Waals surface area (Å²) < 4.78 is 0. The molecule has 1 saturated heterocycles. The van der Waals surface area contributed by atoms with Crippen molar-refractivity contribution in [2.75, 3.05) is 13.1 Å². The second kappa shape index (κ2) is 5.13. The Morgan fingerprint density at radius 2 is 1.82 bits per heavy atom. The topological polar surface area (TPSA) is 29.0 Å². The largest absolute Gasteiger partial charge is 0.299 e. The van der Waals surface area contributed by atoms with Crippen LogP contribution in [0.15, 0.2) is 18.7 Å². The first-order valence-corrected chi connectivity index (χ1v) is 6.56. The third-order valence-electron chi connectivity index (χ3n) is 4.41. The molecule has 2 rings (SSSR count). The molecule has 0 saturated carbocycles. The first kappa shape index (κ1) is 12.5. The smallest absolute Gasteiger partial charge is 0.115 e. The Morgan fingerprint density at radius 3 is 2.35 bits per heavy atom. The summed E-state index contributed by atoms with van der Waals surface area (Å²) in [5.74, 6) is 0.782. The summed E-state index contributed by atoms with van der Waals surface area (Å²) in [6.45, 7) is 10.5. The highest BCUT2D eigenvalue weighted by molar-refractivity contribution is 5.02. The lowest BCUT2D eigenvalue weighted by Gasteiger charge is -2.42. The molecule has 1 aromatic rings. The maximum Gasteiger partial charge on any atom is 0.115 e. The number of rotatable bonds is 3. The highest BCUT2D eigenvalue weighted by Gasteiger charge is 2.32. The summed E-state index contributed by atoms with van der Waals surface area (Å²) in [6.07, 6.45) is 8.04. The lowest BCUT2D eigenvalue weighted by Crippen LogP contribution is -2.40. The summed E-state index contributed by atoms with van der Waals surface area (Å²) in [6, 6.07) is 0. The van der Waals surface area contributed by atoms with E-state index >= 15 is 0 Å². The van der Waals surface area contributed by atoms with Gasteiger partial charge in [0.25, 0.3) is 0 Å². The van der Waals surface area contributed by atoms with Crippen molar-refractivity contribution in [1.29, 1.82) is 0 Å². The van der Waals surface area contributed by atoms with Gasteiger partial charge in [-0.2, -0.15) is 0 Å². The normalized spacial score (nSPS) is 20.7. The van der Waals surface area contributed by atoms with E-state index in [9.17, 15) is 0 Å². The van der Waals surface area contributed by atoms with Crippen LogP contribution in [0.5, 0.6) is 0 Å². The van der Waals surface area contributed by atoms with Crippen molar-refractivity contribution in [3.05, 3.63) is 24.3 Å². The maximum atomic E-state index is 4.07. The van der Waals surface area contributed by atoms with E-state index in [0.717, 1.165) is 12.5 Å². The second-order valence-electron chi connectivity index (χ2n) is 5.83. The molecule has 1 fully saturated rings. The first-order valence-electron chi connectivity index (χ1n) is 6.56. The molecule has 0 N–H and O–H groups in total. The summed E-state index contributed by atoms with van der Waals surface area (Å²) >= 11 is 0. The molecule has 0 bridgehead atoms. The van der Waals surface area contributed by atoms with Gasteiger partial charge in [0.1, 0.15) is 6.33 Å². The Bertz CT molecular complexity index is 340. The van der Waals surface area contributed by atoms with Crippen molar-refractivity contribution >= 4 is 0 Å². The van der Waals surface area contributed by atoms with E-state index in [2.05, 4.69) is 35.6 Å². The molecule has 0 unspecified atom stereocenters. The van der Waals surface area contributed by atoms with E-state index in [1.165, 1.54) is 31.5 Å². The van der Waals surface area contributed by atoms with Crippen molar-refractivity contribution in [3.63, 3.8) is 0 Å². The lowest BCUT2D eigenvalue weighted by molar-refractivity contribution is 0.0741. The van der Waals surface area contributed by atoms with E-state index in [-0.39, 0.29) is 0 Å². The first-order chi connectivity index (χ1) is 8.10. The van der Waals surface area contributed by atoms with Crippen LogP contribution in [0.3, 0.4) is 0 Å². The SMILES string of the molecule is CC(C)C1(C)CCN(Cc2cncnc2)CC1. The van der Waals surface area contributed by atoms with Crippen LogP contribution in [0.4, 0.5) is 0 Å². The van der Waals surface area contributed by atoms with E-state index in [1.54, 1.807) is 6.33 Å². The number of likely N-dealkylation sites (tertiary alicyclic amines) is 1. The van der Waals surface area contributed by atoms with Crippen molar-refractivity contribution in [2.24, 2.45) is 11.3 Å². The fraction of sp³-hybridized carbons (Fsp3) is 0.714. The van der Waals surface area contributed by atoms with Crippen LogP contribution >= 0.6 is 0 Å². The Balaban J connectivity index is 1.88. The standard InChI is InChI=1S/C14H23N3/c1-12(2)14(3)4-6-17(7-5-14)10-13-8-15-11-16-9-13/h8-9,11-12H,4-7,10H2,1-3H3. The third kappa shape index (κ3) is 3.03. The Morgan fingerprint density at radius 1 is 1.24 bits per heavy atom. The predicted octanol–water partition coefficient (Wildman–Crippen LogP) is 2.73. The Hall–Kier alpha value is -0.960. The van der Waals surface area contributed by atoms with Gasteiger partial charge in [0, 0.05) is 24.5 Å². The Labute approximate surface area is 104 Å². The van der Waals surface area contributed by atoms with Crippen molar-refractivity contribution in [2.45, 2.75) is 40.2 Å². The number of nitrogens with zero attached hydrogens (tertiary/aromatic N) is 3. The molecule has 3 heteroatoms. The van der Waals surface area contributed by atoms with Gasteiger partial charge in [-0.3, -0.25) is 4.90 Å². The molecule has 0 amide bonds. The van der Waals surface area contributed by atoms with Gasteiger partial charge in [0.05, 0.1) is 0 Å². The van der Waals surface area contributed by atoms with E-state index in [1.807, 2.05) is 12.4 Å². The highest BCUT2D eigenvalue weighted by Crippen LogP contribution is 2.38. The summed E-state index contributed by atoms with van der Waals surface area (Å²) in [7, 11) is 0. The second-order valence-corrected chi connectivity index (χ2v) is 5.83. The number of hydrogen-bond acceptors (Lipinski definition) is 3. The van der Waals surface area contributed by atoms with Crippen molar-refractivity contribution in [1.82, 2.24) is 14.9 Å². The number of hydrogen-bond donors (Lipinski definition) is 0. The predicted molar refractivity (Wildman–Crippen MR) is 69.5 cm³/mol.